The number of aromatic nitrogens is 3. The van der Waals surface area contributed by atoms with Crippen LogP contribution in [0.4, 0.5) is 11.6 Å². The Morgan fingerprint density at radius 3 is 2.65 bits per heavy atom. The molecule has 0 aliphatic carbocycles. The zero-order chi connectivity index (χ0) is 13.8. The van der Waals surface area contributed by atoms with Gasteiger partial charge in [-0.1, -0.05) is 6.07 Å². The first-order chi connectivity index (χ1) is 9.85. The summed E-state index contributed by atoms with van der Waals surface area (Å²) in [5.74, 6) is 1.12. The molecule has 0 saturated heterocycles. The van der Waals surface area contributed by atoms with Crippen LogP contribution in [0.2, 0.25) is 0 Å². The van der Waals surface area contributed by atoms with Crippen molar-refractivity contribution >= 4 is 23.0 Å². The molecule has 0 bridgehead atoms. The molecule has 0 fully saturated rings. The standard InChI is InChI=1S/C14H9N5S/c15-8-10-3-5-11(6-4-10)18-14-17-9-16-13(19-14)12-2-1-7-20-12/h1-7,9H,(H,16,17,18,19). The minimum atomic E-state index is 0.480. The van der Waals surface area contributed by atoms with Gasteiger partial charge in [-0.2, -0.15) is 10.2 Å². The van der Waals surface area contributed by atoms with E-state index < -0.39 is 0 Å². The van der Waals surface area contributed by atoms with Crippen LogP contribution in [0.5, 0.6) is 0 Å². The van der Waals surface area contributed by atoms with Crippen LogP contribution >= 0.6 is 11.3 Å². The van der Waals surface area contributed by atoms with E-state index in [4.69, 9.17) is 5.26 Å². The molecule has 0 unspecified atom stereocenters. The number of anilines is 2. The Labute approximate surface area is 119 Å². The van der Waals surface area contributed by atoms with Crippen molar-refractivity contribution in [2.24, 2.45) is 0 Å². The van der Waals surface area contributed by atoms with Gasteiger partial charge in [0.25, 0.3) is 0 Å². The lowest BCUT2D eigenvalue weighted by atomic mass is 10.2. The molecule has 0 saturated carbocycles. The first kappa shape index (κ1) is 12.3. The molecule has 20 heavy (non-hydrogen) atoms. The predicted molar refractivity (Wildman–Crippen MR) is 77.6 cm³/mol. The Morgan fingerprint density at radius 2 is 1.95 bits per heavy atom. The molecule has 1 N–H and O–H groups in total. The Bertz CT molecular complexity index is 744. The van der Waals surface area contributed by atoms with Gasteiger partial charge in [0.1, 0.15) is 6.33 Å². The highest BCUT2D eigenvalue weighted by molar-refractivity contribution is 7.13. The maximum atomic E-state index is 8.76. The predicted octanol–water partition coefficient (Wildman–Crippen LogP) is 3.22. The van der Waals surface area contributed by atoms with Gasteiger partial charge in [-0.25, -0.2) is 9.97 Å². The van der Waals surface area contributed by atoms with Crippen LogP contribution in [0.3, 0.4) is 0 Å². The van der Waals surface area contributed by atoms with E-state index in [-0.39, 0.29) is 0 Å². The van der Waals surface area contributed by atoms with Crippen molar-refractivity contribution in [1.29, 1.82) is 5.26 Å². The monoisotopic (exact) mass is 279 g/mol. The average Bonchev–Trinajstić information content (AvgIpc) is 3.03. The van der Waals surface area contributed by atoms with Gasteiger partial charge in [0, 0.05) is 5.69 Å². The summed E-state index contributed by atoms with van der Waals surface area (Å²) >= 11 is 1.58. The number of hydrogen-bond acceptors (Lipinski definition) is 6. The van der Waals surface area contributed by atoms with Gasteiger partial charge in [0.05, 0.1) is 16.5 Å². The fraction of sp³-hybridized carbons (Fsp3) is 0. The number of nitriles is 1. The lowest BCUT2D eigenvalue weighted by Crippen LogP contribution is -1.99. The normalized spacial score (nSPS) is 9.95. The molecule has 3 rings (SSSR count). The quantitative estimate of drug-likeness (QED) is 0.796. The molecule has 2 aromatic heterocycles. The Morgan fingerprint density at radius 1 is 1.10 bits per heavy atom. The third-order valence-corrected chi connectivity index (χ3v) is 3.45. The molecule has 0 spiro atoms. The Hall–Kier alpha value is -2.78. The van der Waals surface area contributed by atoms with Crippen LogP contribution < -0.4 is 5.32 Å². The van der Waals surface area contributed by atoms with Crippen LogP contribution in [-0.2, 0) is 0 Å². The number of benzene rings is 1. The molecular formula is C14H9N5S. The van der Waals surface area contributed by atoms with E-state index in [0.29, 0.717) is 17.3 Å². The van der Waals surface area contributed by atoms with Gasteiger partial charge < -0.3 is 5.32 Å². The first-order valence-corrected chi connectivity index (χ1v) is 6.73. The summed E-state index contributed by atoms with van der Waals surface area (Å²) in [6.45, 7) is 0. The zero-order valence-corrected chi connectivity index (χ0v) is 11.1. The second-order valence-electron chi connectivity index (χ2n) is 3.92. The van der Waals surface area contributed by atoms with Crippen LogP contribution in [0.25, 0.3) is 10.7 Å². The van der Waals surface area contributed by atoms with Crippen molar-refractivity contribution in [1.82, 2.24) is 15.0 Å². The van der Waals surface area contributed by atoms with E-state index in [0.717, 1.165) is 10.6 Å². The molecule has 1 aromatic carbocycles. The number of hydrogen-bond donors (Lipinski definition) is 1. The molecule has 5 nitrogen and oxygen atoms in total. The summed E-state index contributed by atoms with van der Waals surface area (Å²) in [5.41, 5.74) is 1.44. The largest absolute Gasteiger partial charge is 0.324 e. The topological polar surface area (TPSA) is 74.5 Å². The summed E-state index contributed by atoms with van der Waals surface area (Å²) in [5, 5.41) is 13.8. The van der Waals surface area contributed by atoms with Crippen LogP contribution in [0.1, 0.15) is 5.56 Å². The fourth-order valence-corrected chi connectivity index (χ4v) is 2.30. The number of nitrogens with zero attached hydrogens (tertiary/aromatic N) is 4. The van der Waals surface area contributed by atoms with Gasteiger partial charge in [0.2, 0.25) is 5.95 Å². The third-order valence-electron chi connectivity index (χ3n) is 2.58. The lowest BCUT2D eigenvalue weighted by Gasteiger charge is -2.05. The Kier molecular flexibility index (Phi) is 3.35. The van der Waals surface area contributed by atoms with Gasteiger partial charge in [-0.3, -0.25) is 0 Å². The number of rotatable bonds is 3. The molecule has 0 aliphatic rings. The summed E-state index contributed by atoms with van der Waals surface area (Å²) < 4.78 is 0. The zero-order valence-electron chi connectivity index (χ0n) is 10.3. The van der Waals surface area contributed by atoms with E-state index in [1.54, 1.807) is 23.5 Å². The number of thiophene rings is 1. The number of nitrogens with one attached hydrogen (secondary N) is 1. The summed E-state index contributed by atoms with van der Waals surface area (Å²) in [6.07, 6.45) is 1.48. The molecule has 0 radical (unpaired) electrons. The van der Waals surface area contributed by atoms with Crippen LogP contribution in [-0.4, -0.2) is 15.0 Å². The van der Waals surface area contributed by atoms with Crippen molar-refractivity contribution in [3.05, 3.63) is 53.7 Å². The Balaban J connectivity index is 1.84. The van der Waals surface area contributed by atoms with E-state index in [1.807, 2.05) is 29.6 Å². The maximum absolute atomic E-state index is 8.76. The molecule has 3 aromatic rings. The molecule has 2 heterocycles. The minimum Gasteiger partial charge on any atom is -0.324 e. The summed E-state index contributed by atoms with van der Waals surface area (Å²) in [6, 6.07) is 13.1. The SMILES string of the molecule is N#Cc1ccc(Nc2ncnc(-c3cccs3)n2)cc1. The van der Waals surface area contributed by atoms with E-state index in [1.165, 1.54) is 6.33 Å². The van der Waals surface area contributed by atoms with E-state index >= 15 is 0 Å². The van der Waals surface area contributed by atoms with E-state index in [9.17, 15) is 0 Å². The van der Waals surface area contributed by atoms with Gasteiger partial charge in [-0.05, 0) is 35.7 Å². The molecule has 96 valence electrons. The second kappa shape index (κ2) is 5.47. The highest BCUT2D eigenvalue weighted by Gasteiger charge is 2.04. The molecule has 0 aliphatic heterocycles. The van der Waals surface area contributed by atoms with Gasteiger partial charge >= 0.3 is 0 Å². The van der Waals surface area contributed by atoms with E-state index in [2.05, 4.69) is 26.3 Å². The van der Waals surface area contributed by atoms with Crippen LogP contribution in [0.15, 0.2) is 48.1 Å². The van der Waals surface area contributed by atoms with Crippen molar-refractivity contribution < 1.29 is 0 Å². The highest BCUT2D eigenvalue weighted by Crippen LogP contribution is 2.21. The summed E-state index contributed by atoms with van der Waals surface area (Å²) in [4.78, 5) is 13.6. The van der Waals surface area contributed by atoms with Crippen molar-refractivity contribution in [3.63, 3.8) is 0 Å². The highest BCUT2D eigenvalue weighted by atomic mass is 32.1. The van der Waals surface area contributed by atoms with Crippen molar-refractivity contribution in [3.8, 4) is 16.8 Å². The smallest absolute Gasteiger partial charge is 0.230 e. The van der Waals surface area contributed by atoms with Crippen LogP contribution in [0, 0.1) is 11.3 Å². The minimum absolute atomic E-state index is 0.480. The molecule has 0 amide bonds. The third kappa shape index (κ3) is 2.63. The molecule has 6 heteroatoms. The summed E-state index contributed by atoms with van der Waals surface area (Å²) in [7, 11) is 0. The van der Waals surface area contributed by atoms with Gasteiger partial charge in [0.15, 0.2) is 5.82 Å². The molecular weight excluding hydrogens is 270 g/mol. The second-order valence-corrected chi connectivity index (χ2v) is 4.87. The molecule has 0 atom stereocenters. The lowest BCUT2D eigenvalue weighted by molar-refractivity contribution is 1.07. The van der Waals surface area contributed by atoms with Gasteiger partial charge in [-0.15, -0.1) is 11.3 Å². The first-order valence-electron chi connectivity index (χ1n) is 5.85. The van der Waals surface area contributed by atoms with Crippen molar-refractivity contribution in [2.75, 3.05) is 5.32 Å². The average molecular weight is 279 g/mol. The fourth-order valence-electron chi connectivity index (χ4n) is 1.64. The maximum Gasteiger partial charge on any atom is 0.230 e. The van der Waals surface area contributed by atoms with Crippen molar-refractivity contribution in [2.45, 2.75) is 0 Å².